The Morgan fingerprint density at radius 1 is 0.500 bits per heavy atom. The molecule has 40 heavy (non-hydrogen) atoms. The van der Waals surface area contributed by atoms with E-state index in [9.17, 15) is 0 Å². The van der Waals surface area contributed by atoms with Crippen LogP contribution in [0.3, 0.4) is 0 Å². The highest BCUT2D eigenvalue weighted by Gasteiger charge is 2.28. The quantitative estimate of drug-likeness (QED) is 0.197. The van der Waals surface area contributed by atoms with Gasteiger partial charge in [-0.1, -0.05) is 84.9 Å². The predicted molar refractivity (Wildman–Crippen MR) is 169 cm³/mol. The zero-order valence-electron chi connectivity index (χ0n) is 22.1. The van der Waals surface area contributed by atoms with E-state index >= 15 is 0 Å². The van der Waals surface area contributed by atoms with Gasteiger partial charge in [0.1, 0.15) is 22.7 Å². The lowest BCUT2D eigenvalue weighted by atomic mass is 9.99. The second kappa shape index (κ2) is 10.4. The first-order valence-corrected chi connectivity index (χ1v) is 16.3. The van der Waals surface area contributed by atoms with E-state index in [-0.39, 0.29) is 0 Å². The fourth-order valence-corrected chi connectivity index (χ4v) is 11.1. The summed E-state index contributed by atoms with van der Waals surface area (Å²) in [6, 6.07) is 41.6. The first-order valence-electron chi connectivity index (χ1n) is 13.0. The van der Waals surface area contributed by atoms with Crippen LogP contribution in [0.2, 0.25) is 0 Å². The molecule has 0 spiro atoms. The van der Waals surface area contributed by atoms with Crippen molar-refractivity contribution in [3.8, 4) is 11.5 Å². The molecule has 0 atom stereocenters. The first-order chi connectivity index (χ1) is 19.8. The normalized spacial score (nSPS) is 11.5. The Bertz CT molecular complexity index is 1920. The zero-order chi connectivity index (χ0) is 27.1. The number of hydrogen-bond donors (Lipinski definition) is 0. The Hall–Kier alpha value is -4.23. The minimum absolute atomic E-state index is 0.802. The molecule has 7 aromatic rings. The van der Waals surface area contributed by atoms with Crippen molar-refractivity contribution in [3.63, 3.8) is 0 Å². The summed E-state index contributed by atoms with van der Waals surface area (Å²) in [5, 5.41) is 8.80. The monoisotopic (exact) mass is 560 g/mol. The van der Waals surface area contributed by atoms with Gasteiger partial charge in [-0.3, -0.25) is 0 Å². The molecule has 0 aliphatic rings. The van der Waals surface area contributed by atoms with Gasteiger partial charge in [-0.15, -0.1) is 0 Å². The Balaban J connectivity index is 1.68. The van der Waals surface area contributed by atoms with Crippen molar-refractivity contribution in [2.45, 2.75) is 0 Å². The Labute approximate surface area is 234 Å². The molecule has 1 aromatic heterocycles. The van der Waals surface area contributed by atoms with Crippen LogP contribution in [0.5, 0.6) is 11.5 Å². The zero-order valence-corrected chi connectivity index (χ0v) is 23.9. The van der Waals surface area contributed by atoms with Crippen molar-refractivity contribution in [2.24, 2.45) is 0 Å². The second-order valence-electron chi connectivity index (χ2n) is 9.40. The van der Waals surface area contributed by atoms with Crippen LogP contribution < -0.4 is 20.1 Å². The van der Waals surface area contributed by atoms with E-state index in [2.05, 4.69) is 84.9 Å². The third-order valence-electron chi connectivity index (χ3n) is 7.17. The number of rotatable bonds is 5. The Morgan fingerprint density at radius 3 is 1.40 bits per heavy atom. The lowest BCUT2D eigenvalue weighted by Crippen LogP contribution is -2.13. The fourth-order valence-electron chi connectivity index (χ4n) is 5.35. The maximum Gasteiger partial charge on any atom is 0.249 e. The summed E-state index contributed by atoms with van der Waals surface area (Å²) in [6.07, 6.45) is 0. The Kier molecular flexibility index (Phi) is 6.44. The fraction of sp³-hybridized carbons (Fsp3) is 0.0588. The molecule has 0 fully saturated rings. The van der Waals surface area contributed by atoms with Gasteiger partial charge in [-0.25, -0.2) is 0 Å². The molecule has 0 aliphatic carbocycles. The summed E-state index contributed by atoms with van der Waals surface area (Å²) in [5.74, 6) is 1.60. The first kappa shape index (κ1) is 24.8. The van der Waals surface area contributed by atoms with E-state index < -0.39 is 15.3 Å². The van der Waals surface area contributed by atoms with E-state index in [1.54, 1.807) is 14.2 Å². The van der Waals surface area contributed by atoms with Gasteiger partial charge in [0.25, 0.3) is 0 Å². The highest BCUT2D eigenvalue weighted by Crippen LogP contribution is 2.64. The molecule has 0 radical (unpaired) electrons. The molecule has 0 aliphatic heterocycles. The van der Waals surface area contributed by atoms with Gasteiger partial charge in [0.15, 0.2) is 0 Å². The van der Waals surface area contributed by atoms with Crippen molar-refractivity contribution in [2.75, 3.05) is 14.2 Å². The third kappa shape index (κ3) is 4.12. The summed E-state index contributed by atoms with van der Waals surface area (Å²) in [5.41, 5.74) is 1.63. The van der Waals surface area contributed by atoms with Crippen LogP contribution in [0, 0.1) is 0 Å². The average molecular weight is 561 g/mol. The third-order valence-corrected chi connectivity index (χ3v) is 12.6. The summed E-state index contributed by atoms with van der Waals surface area (Å²) < 4.78 is 25.8. The molecule has 0 bridgehead atoms. The molecule has 6 aromatic carbocycles. The topological polar surface area (TPSA) is 44.7 Å². The smallest absolute Gasteiger partial charge is 0.249 e. The largest absolute Gasteiger partial charge is 0.496 e. The highest BCUT2D eigenvalue weighted by molar-refractivity contribution is 8.28. The van der Waals surface area contributed by atoms with Gasteiger partial charge >= 0.3 is 0 Å². The lowest BCUT2D eigenvalue weighted by Gasteiger charge is -2.20. The number of hydrogen-bond acceptors (Lipinski definition) is 4. The van der Waals surface area contributed by atoms with Crippen LogP contribution in [-0.2, 0) is 0 Å². The predicted octanol–water partition coefficient (Wildman–Crippen LogP) is 9.51. The van der Waals surface area contributed by atoms with Crippen LogP contribution in [0.1, 0.15) is 0 Å². The molecule has 0 N–H and O–H groups in total. The van der Waals surface area contributed by atoms with Crippen LogP contribution in [0.4, 0.5) is 0 Å². The number of methoxy groups -OCH3 is 2. The molecule has 7 rings (SSSR count). The molecular weight excluding hydrogens is 534 g/mol. The van der Waals surface area contributed by atoms with Crippen molar-refractivity contribution in [1.29, 1.82) is 0 Å². The van der Waals surface area contributed by atoms with Crippen LogP contribution in [0.25, 0.3) is 43.5 Å². The van der Waals surface area contributed by atoms with Crippen LogP contribution in [-0.4, -0.2) is 14.2 Å². The summed E-state index contributed by atoms with van der Waals surface area (Å²) in [6.45, 7) is 0. The van der Waals surface area contributed by atoms with E-state index in [1.165, 1.54) is 0 Å². The lowest BCUT2D eigenvalue weighted by molar-refractivity contribution is 0.417. The van der Waals surface area contributed by atoms with E-state index in [1.807, 2.05) is 36.4 Å². The summed E-state index contributed by atoms with van der Waals surface area (Å²) >= 11 is 0. The highest BCUT2D eigenvalue weighted by atomic mass is 32.1. The average Bonchev–Trinajstić information content (AvgIpc) is 3.19. The number of benzene rings is 6. The van der Waals surface area contributed by atoms with Gasteiger partial charge in [0, 0.05) is 21.4 Å². The van der Waals surface area contributed by atoms with E-state index in [0.29, 0.717) is 0 Å². The maximum atomic E-state index is 7.03. The molecule has 0 amide bonds. The minimum atomic E-state index is -1.54. The van der Waals surface area contributed by atoms with Gasteiger partial charge in [-0.05, 0) is 57.9 Å². The molecule has 6 heteroatoms. The van der Waals surface area contributed by atoms with Crippen molar-refractivity contribution < 1.29 is 17.9 Å². The van der Waals surface area contributed by atoms with Crippen molar-refractivity contribution in [3.05, 3.63) is 121 Å². The molecule has 4 nitrogen and oxygen atoms in total. The van der Waals surface area contributed by atoms with E-state index in [4.69, 9.17) is 17.9 Å². The molecule has 196 valence electrons. The Morgan fingerprint density at radius 2 is 0.925 bits per heavy atom. The number of ether oxygens (including phenoxy) is 2. The van der Waals surface area contributed by atoms with Crippen LogP contribution in [0.15, 0.2) is 130 Å². The summed E-state index contributed by atoms with van der Waals surface area (Å²) in [4.78, 5) is 0. The molecular formula is C34H26O4P2. The molecule has 1 heterocycles. The minimum Gasteiger partial charge on any atom is -0.496 e. The number of fused-ring (bicyclic) bond motifs is 7. The summed E-state index contributed by atoms with van der Waals surface area (Å²) in [7, 11) is 0.674. The van der Waals surface area contributed by atoms with Gasteiger partial charge in [0.2, 0.25) is 7.70 Å². The maximum absolute atomic E-state index is 7.03. The SMILES string of the molecule is COc1ccccc1P(c1ccccc1OC)p1oc2ccc3ccccc3c2c2c(ccc3ccccc32)o1. The molecule has 0 unspecified atom stereocenters. The van der Waals surface area contributed by atoms with Crippen molar-refractivity contribution in [1.82, 2.24) is 0 Å². The number of para-hydroxylation sites is 2. The van der Waals surface area contributed by atoms with Crippen molar-refractivity contribution >= 4 is 69.4 Å². The standard InChI is InChI=1S/C34H26O4P2/c1-35-27-15-7-9-17-31(27)39(32-18-10-8-16-28(32)36-2)40-37-29-21-19-23-11-3-5-13-25(23)33(29)34-26-14-6-4-12-24(26)20-22-30(34)38-40/h3-22H,1-2H3. The van der Waals surface area contributed by atoms with Gasteiger partial charge in [-0.2, -0.15) is 0 Å². The van der Waals surface area contributed by atoms with Crippen LogP contribution >= 0.6 is 15.3 Å². The van der Waals surface area contributed by atoms with Gasteiger partial charge < -0.3 is 17.9 Å². The molecule has 0 saturated carbocycles. The van der Waals surface area contributed by atoms with E-state index in [0.717, 1.165) is 65.6 Å². The second-order valence-corrected chi connectivity index (χ2v) is 14.0. The molecule has 0 saturated heterocycles. The van der Waals surface area contributed by atoms with Gasteiger partial charge in [0.05, 0.1) is 21.8 Å².